The summed E-state index contributed by atoms with van der Waals surface area (Å²) in [6, 6.07) is 24.0. The molecule has 0 aromatic heterocycles. The third-order valence-corrected chi connectivity index (χ3v) is 5.98. The van der Waals surface area contributed by atoms with Crippen LogP contribution >= 0.6 is 11.6 Å². The normalized spacial score (nSPS) is 12.0. The van der Waals surface area contributed by atoms with Crippen LogP contribution in [0.5, 0.6) is 5.75 Å². The minimum Gasteiger partial charge on any atom is -0.484 e. The number of ether oxygens (including phenoxy) is 1. The Hall–Kier alpha value is -3.31. The van der Waals surface area contributed by atoms with Crippen LogP contribution in [0.25, 0.3) is 0 Å². The van der Waals surface area contributed by atoms with Gasteiger partial charge in [-0.1, -0.05) is 73.1 Å². The van der Waals surface area contributed by atoms with Crippen LogP contribution in [0.2, 0.25) is 5.02 Å². The average molecular weight is 507 g/mol. The van der Waals surface area contributed by atoms with Crippen molar-refractivity contribution < 1.29 is 14.3 Å². The molecule has 6 heteroatoms. The molecular formula is C30H35ClN2O3. The SMILES string of the molecule is CCc1ccc(OCC(=O)N(Cc2ccc(Cl)cc2)[C@H](Cc2ccccc2)C(=O)NC(C)(C)C)cc1. The summed E-state index contributed by atoms with van der Waals surface area (Å²) in [6.45, 7) is 7.95. The van der Waals surface area contributed by atoms with E-state index in [0.717, 1.165) is 17.5 Å². The molecule has 0 aliphatic carbocycles. The average Bonchev–Trinajstić information content (AvgIpc) is 2.85. The number of benzene rings is 3. The number of carbonyl (C=O) groups is 2. The highest BCUT2D eigenvalue weighted by molar-refractivity contribution is 6.30. The van der Waals surface area contributed by atoms with Crippen molar-refractivity contribution >= 4 is 23.4 Å². The predicted octanol–water partition coefficient (Wildman–Crippen LogP) is 5.84. The minimum absolute atomic E-state index is 0.173. The molecule has 0 aliphatic heterocycles. The Morgan fingerprint density at radius 2 is 1.50 bits per heavy atom. The van der Waals surface area contributed by atoms with Gasteiger partial charge in [0.25, 0.3) is 5.91 Å². The fraction of sp³-hybridized carbons (Fsp3) is 0.333. The molecule has 0 fully saturated rings. The Bertz CT molecular complexity index is 1120. The number of rotatable bonds is 10. The van der Waals surface area contributed by atoms with E-state index in [2.05, 4.69) is 12.2 Å². The zero-order valence-corrected chi connectivity index (χ0v) is 22.2. The van der Waals surface area contributed by atoms with E-state index in [4.69, 9.17) is 16.3 Å². The molecule has 1 atom stereocenters. The van der Waals surface area contributed by atoms with Gasteiger partial charge in [0.1, 0.15) is 11.8 Å². The Labute approximate surface area is 219 Å². The Morgan fingerprint density at radius 1 is 0.889 bits per heavy atom. The summed E-state index contributed by atoms with van der Waals surface area (Å²) in [5.41, 5.74) is 2.59. The molecule has 0 heterocycles. The third kappa shape index (κ3) is 8.42. The van der Waals surface area contributed by atoms with Gasteiger partial charge in [-0.25, -0.2) is 0 Å². The Kier molecular flexibility index (Phi) is 9.54. The van der Waals surface area contributed by atoms with Crippen LogP contribution in [-0.2, 0) is 29.0 Å². The molecule has 0 spiro atoms. The van der Waals surface area contributed by atoms with Gasteiger partial charge < -0.3 is 15.0 Å². The van der Waals surface area contributed by atoms with E-state index in [1.807, 2.05) is 87.5 Å². The van der Waals surface area contributed by atoms with E-state index in [0.29, 0.717) is 17.2 Å². The Balaban J connectivity index is 1.90. The highest BCUT2D eigenvalue weighted by atomic mass is 35.5. The predicted molar refractivity (Wildman–Crippen MR) is 145 cm³/mol. The second-order valence-corrected chi connectivity index (χ2v) is 10.3. The van der Waals surface area contributed by atoms with Crippen molar-refractivity contribution in [3.63, 3.8) is 0 Å². The van der Waals surface area contributed by atoms with Gasteiger partial charge in [0.2, 0.25) is 5.91 Å². The van der Waals surface area contributed by atoms with Crippen molar-refractivity contribution in [1.82, 2.24) is 10.2 Å². The van der Waals surface area contributed by atoms with E-state index in [1.165, 1.54) is 5.56 Å². The van der Waals surface area contributed by atoms with E-state index >= 15 is 0 Å². The van der Waals surface area contributed by atoms with E-state index < -0.39 is 11.6 Å². The van der Waals surface area contributed by atoms with Crippen LogP contribution in [0.1, 0.15) is 44.4 Å². The van der Waals surface area contributed by atoms with E-state index in [-0.39, 0.29) is 25.0 Å². The fourth-order valence-corrected chi connectivity index (χ4v) is 3.97. The van der Waals surface area contributed by atoms with Crippen LogP contribution in [0.15, 0.2) is 78.9 Å². The second kappa shape index (κ2) is 12.6. The topological polar surface area (TPSA) is 58.6 Å². The molecule has 190 valence electrons. The summed E-state index contributed by atoms with van der Waals surface area (Å²) in [6.07, 6.45) is 1.31. The van der Waals surface area contributed by atoms with Gasteiger partial charge in [-0.05, 0) is 68.1 Å². The molecule has 3 rings (SSSR count). The van der Waals surface area contributed by atoms with Gasteiger partial charge in [-0.15, -0.1) is 0 Å². The maximum absolute atomic E-state index is 13.6. The molecule has 36 heavy (non-hydrogen) atoms. The molecule has 0 radical (unpaired) electrons. The lowest BCUT2D eigenvalue weighted by molar-refractivity contribution is -0.143. The molecule has 3 aromatic rings. The molecule has 0 saturated carbocycles. The lowest BCUT2D eigenvalue weighted by atomic mass is 10.0. The standard InChI is InChI=1S/C30H35ClN2O3/c1-5-22-13-17-26(18-14-22)36-21-28(34)33(20-24-11-15-25(31)16-12-24)27(29(35)32-30(2,3)4)19-23-9-7-6-8-10-23/h6-18,27H,5,19-21H2,1-4H3,(H,32,35)/t27-/m1/s1. The summed E-state index contributed by atoms with van der Waals surface area (Å²) in [7, 11) is 0. The molecule has 0 unspecified atom stereocenters. The first-order valence-corrected chi connectivity index (χ1v) is 12.6. The van der Waals surface area contributed by atoms with Crippen molar-refractivity contribution in [3.8, 4) is 5.75 Å². The van der Waals surface area contributed by atoms with Crippen LogP contribution in [0.4, 0.5) is 0 Å². The highest BCUT2D eigenvalue weighted by Crippen LogP contribution is 2.19. The lowest BCUT2D eigenvalue weighted by Crippen LogP contribution is -2.55. The number of amides is 2. The molecular weight excluding hydrogens is 472 g/mol. The molecule has 0 bridgehead atoms. The number of nitrogens with zero attached hydrogens (tertiary/aromatic N) is 1. The number of hydrogen-bond acceptors (Lipinski definition) is 3. The molecule has 1 N–H and O–H groups in total. The van der Waals surface area contributed by atoms with Crippen molar-refractivity contribution in [2.24, 2.45) is 0 Å². The number of hydrogen-bond donors (Lipinski definition) is 1. The fourth-order valence-electron chi connectivity index (χ4n) is 3.84. The number of carbonyl (C=O) groups excluding carboxylic acids is 2. The van der Waals surface area contributed by atoms with Crippen LogP contribution < -0.4 is 10.1 Å². The number of nitrogens with one attached hydrogen (secondary N) is 1. The van der Waals surface area contributed by atoms with Crippen molar-refractivity contribution in [1.29, 1.82) is 0 Å². The molecule has 0 aliphatic rings. The van der Waals surface area contributed by atoms with Gasteiger partial charge in [0.05, 0.1) is 0 Å². The van der Waals surface area contributed by atoms with Crippen LogP contribution in [-0.4, -0.2) is 34.9 Å². The lowest BCUT2D eigenvalue weighted by Gasteiger charge is -2.33. The largest absolute Gasteiger partial charge is 0.484 e. The molecule has 0 saturated heterocycles. The zero-order valence-electron chi connectivity index (χ0n) is 21.5. The second-order valence-electron chi connectivity index (χ2n) is 9.88. The van der Waals surface area contributed by atoms with Gasteiger partial charge in [-0.3, -0.25) is 9.59 Å². The molecule has 3 aromatic carbocycles. The van der Waals surface area contributed by atoms with Crippen LogP contribution in [0, 0.1) is 0 Å². The van der Waals surface area contributed by atoms with Gasteiger partial charge in [0, 0.05) is 23.5 Å². The van der Waals surface area contributed by atoms with Crippen LogP contribution in [0.3, 0.4) is 0 Å². The van der Waals surface area contributed by atoms with E-state index in [9.17, 15) is 9.59 Å². The first kappa shape index (κ1) is 27.3. The maximum atomic E-state index is 13.6. The Morgan fingerprint density at radius 3 is 2.08 bits per heavy atom. The number of halogens is 1. The first-order valence-electron chi connectivity index (χ1n) is 12.3. The smallest absolute Gasteiger partial charge is 0.261 e. The molecule has 5 nitrogen and oxygen atoms in total. The van der Waals surface area contributed by atoms with Crippen molar-refractivity contribution in [2.75, 3.05) is 6.61 Å². The minimum atomic E-state index is -0.721. The summed E-state index contributed by atoms with van der Waals surface area (Å²) in [4.78, 5) is 28.7. The summed E-state index contributed by atoms with van der Waals surface area (Å²) >= 11 is 6.08. The maximum Gasteiger partial charge on any atom is 0.261 e. The summed E-state index contributed by atoms with van der Waals surface area (Å²) < 4.78 is 5.84. The monoisotopic (exact) mass is 506 g/mol. The summed E-state index contributed by atoms with van der Waals surface area (Å²) in [5, 5.41) is 3.67. The zero-order chi connectivity index (χ0) is 26.1. The number of aryl methyl sites for hydroxylation is 1. The highest BCUT2D eigenvalue weighted by Gasteiger charge is 2.32. The quantitative estimate of drug-likeness (QED) is 0.376. The van der Waals surface area contributed by atoms with Crippen molar-refractivity contribution in [3.05, 3.63) is 101 Å². The van der Waals surface area contributed by atoms with Gasteiger partial charge >= 0.3 is 0 Å². The molecule has 2 amide bonds. The van der Waals surface area contributed by atoms with Gasteiger partial charge in [-0.2, -0.15) is 0 Å². The van der Waals surface area contributed by atoms with Crippen molar-refractivity contribution in [2.45, 2.75) is 58.7 Å². The summed E-state index contributed by atoms with van der Waals surface area (Å²) in [5.74, 6) is 0.140. The van der Waals surface area contributed by atoms with Gasteiger partial charge in [0.15, 0.2) is 6.61 Å². The first-order chi connectivity index (χ1) is 17.1. The van der Waals surface area contributed by atoms with E-state index in [1.54, 1.807) is 17.0 Å². The third-order valence-electron chi connectivity index (χ3n) is 5.73.